The highest BCUT2D eigenvalue weighted by atomic mass is 32.2. The Kier molecular flexibility index (Phi) is 5.94. The molecule has 2 rings (SSSR count). The van der Waals surface area contributed by atoms with Gasteiger partial charge in [0, 0.05) is 19.2 Å². The summed E-state index contributed by atoms with van der Waals surface area (Å²) in [6.45, 7) is -0.293. The van der Waals surface area contributed by atoms with Crippen molar-refractivity contribution in [1.82, 2.24) is 0 Å². The predicted molar refractivity (Wildman–Crippen MR) is 89.5 cm³/mol. The van der Waals surface area contributed by atoms with Crippen LogP contribution in [0.5, 0.6) is 11.5 Å². The summed E-state index contributed by atoms with van der Waals surface area (Å²) in [6, 6.07) is 10.9. The molecule has 0 bridgehead atoms. The van der Waals surface area contributed by atoms with E-state index in [1.165, 1.54) is 7.11 Å². The molecule has 25 heavy (non-hydrogen) atoms. The summed E-state index contributed by atoms with van der Waals surface area (Å²) in [6.07, 6.45) is 0.256. The number of rotatable bonds is 8. The standard InChI is InChI=1S/C16H17NO7S/c1-23-11-24-15-10-13(9-14(16(15)18)17(19)20)25(21,22)8-7-12-5-3-2-4-6-12/h2-6,9-10,18H,7-8,11H2,1H3. The van der Waals surface area contributed by atoms with Crippen LogP contribution in [0.4, 0.5) is 5.69 Å². The van der Waals surface area contributed by atoms with Gasteiger partial charge in [-0.2, -0.15) is 0 Å². The topological polar surface area (TPSA) is 116 Å². The first-order chi connectivity index (χ1) is 11.8. The van der Waals surface area contributed by atoms with Gasteiger partial charge in [0.05, 0.1) is 15.6 Å². The zero-order valence-electron chi connectivity index (χ0n) is 13.4. The van der Waals surface area contributed by atoms with E-state index in [0.29, 0.717) is 0 Å². The van der Waals surface area contributed by atoms with E-state index in [1.807, 2.05) is 6.07 Å². The summed E-state index contributed by atoms with van der Waals surface area (Å²) in [5.41, 5.74) is 0.0853. The number of ether oxygens (including phenoxy) is 2. The maximum absolute atomic E-state index is 12.5. The van der Waals surface area contributed by atoms with E-state index in [9.17, 15) is 23.6 Å². The van der Waals surface area contributed by atoms with E-state index in [4.69, 9.17) is 4.74 Å². The summed E-state index contributed by atoms with van der Waals surface area (Å²) in [5.74, 6) is -1.30. The maximum atomic E-state index is 12.5. The summed E-state index contributed by atoms with van der Waals surface area (Å²) < 4.78 is 34.8. The molecule has 0 aliphatic carbocycles. The Morgan fingerprint density at radius 3 is 2.48 bits per heavy atom. The fourth-order valence-corrected chi connectivity index (χ4v) is 3.45. The fraction of sp³-hybridized carbons (Fsp3) is 0.250. The van der Waals surface area contributed by atoms with Crippen LogP contribution in [-0.2, 0) is 21.0 Å². The van der Waals surface area contributed by atoms with Crippen molar-refractivity contribution < 1.29 is 27.9 Å². The van der Waals surface area contributed by atoms with E-state index < -0.39 is 26.2 Å². The zero-order valence-corrected chi connectivity index (χ0v) is 14.2. The SMILES string of the molecule is COCOc1cc(S(=O)(=O)CCc2ccccc2)cc([N+](=O)[O-])c1O. The van der Waals surface area contributed by atoms with Gasteiger partial charge >= 0.3 is 5.69 Å². The number of methoxy groups -OCH3 is 1. The molecule has 0 aliphatic rings. The van der Waals surface area contributed by atoms with E-state index >= 15 is 0 Å². The summed E-state index contributed by atoms with van der Waals surface area (Å²) in [5, 5.41) is 20.9. The number of phenols is 1. The van der Waals surface area contributed by atoms with Crippen molar-refractivity contribution in [3.8, 4) is 11.5 Å². The van der Waals surface area contributed by atoms with Crippen LogP contribution in [0.15, 0.2) is 47.4 Å². The highest BCUT2D eigenvalue weighted by Gasteiger charge is 2.25. The summed E-state index contributed by atoms with van der Waals surface area (Å²) in [4.78, 5) is 9.91. The molecule has 0 radical (unpaired) electrons. The molecule has 0 unspecified atom stereocenters. The first-order valence-corrected chi connectivity index (χ1v) is 8.90. The highest BCUT2D eigenvalue weighted by molar-refractivity contribution is 7.91. The number of phenolic OH excluding ortho intramolecular Hbond substituents is 1. The van der Waals surface area contributed by atoms with E-state index in [1.54, 1.807) is 24.3 Å². The molecule has 9 heteroatoms. The van der Waals surface area contributed by atoms with Crippen molar-refractivity contribution in [3.63, 3.8) is 0 Å². The van der Waals surface area contributed by atoms with Gasteiger partial charge in [-0.3, -0.25) is 10.1 Å². The quantitative estimate of drug-likeness (QED) is 0.432. The van der Waals surface area contributed by atoms with Gasteiger partial charge in [-0.25, -0.2) is 8.42 Å². The van der Waals surface area contributed by atoms with Crippen molar-refractivity contribution in [3.05, 3.63) is 58.1 Å². The molecule has 0 heterocycles. The molecule has 2 aromatic carbocycles. The number of aryl methyl sites for hydroxylation is 1. The van der Waals surface area contributed by atoms with Gasteiger partial charge in [0.1, 0.15) is 0 Å². The lowest BCUT2D eigenvalue weighted by molar-refractivity contribution is -0.386. The third-order valence-corrected chi connectivity index (χ3v) is 5.11. The second-order valence-electron chi connectivity index (χ2n) is 5.15. The molecule has 0 saturated carbocycles. The molecule has 134 valence electrons. The van der Waals surface area contributed by atoms with E-state index in [0.717, 1.165) is 17.7 Å². The summed E-state index contributed by atoms with van der Waals surface area (Å²) >= 11 is 0. The van der Waals surface area contributed by atoms with Gasteiger partial charge in [0.2, 0.25) is 5.75 Å². The molecule has 0 atom stereocenters. The minimum absolute atomic E-state index is 0.233. The number of aromatic hydroxyl groups is 1. The molecular weight excluding hydrogens is 350 g/mol. The molecule has 0 spiro atoms. The Hall–Kier alpha value is -2.65. The van der Waals surface area contributed by atoms with Crippen molar-refractivity contribution in [2.45, 2.75) is 11.3 Å². The van der Waals surface area contributed by atoms with Crippen LogP contribution in [-0.4, -0.2) is 38.1 Å². The number of nitrogens with zero attached hydrogens (tertiary/aromatic N) is 1. The van der Waals surface area contributed by atoms with Crippen LogP contribution in [0.3, 0.4) is 0 Å². The number of benzene rings is 2. The van der Waals surface area contributed by atoms with Crippen LogP contribution in [0.2, 0.25) is 0 Å². The average molecular weight is 367 g/mol. The van der Waals surface area contributed by atoms with Gasteiger partial charge in [0.25, 0.3) is 0 Å². The third-order valence-electron chi connectivity index (χ3n) is 3.42. The number of sulfone groups is 1. The lowest BCUT2D eigenvalue weighted by atomic mass is 10.2. The number of hydrogen-bond donors (Lipinski definition) is 1. The largest absolute Gasteiger partial charge is 0.500 e. The summed E-state index contributed by atoms with van der Waals surface area (Å²) in [7, 11) is -2.49. The number of hydrogen-bond acceptors (Lipinski definition) is 7. The Morgan fingerprint density at radius 2 is 1.88 bits per heavy atom. The smallest absolute Gasteiger partial charge is 0.315 e. The molecule has 0 saturated heterocycles. The molecule has 1 N–H and O–H groups in total. The second kappa shape index (κ2) is 7.95. The maximum Gasteiger partial charge on any atom is 0.315 e. The normalized spacial score (nSPS) is 11.2. The van der Waals surface area contributed by atoms with E-state index in [-0.39, 0.29) is 29.6 Å². The van der Waals surface area contributed by atoms with Gasteiger partial charge in [-0.15, -0.1) is 0 Å². The molecule has 0 aliphatic heterocycles. The Bertz CT molecular complexity index is 850. The van der Waals surface area contributed by atoms with Gasteiger partial charge in [-0.1, -0.05) is 30.3 Å². The van der Waals surface area contributed by atoms with Crippen LogP contribution in [0.1, 0.15) is 5.56 Å². The third kappa shape index (κ3) is 4.68. The van der Waals surface area contributed by atoms with Gasteiger partial charge < -0.3 is 14.6 Å². The lowest BCUT2D eigenvalue weighted by Gasteiger charge is -2.10. The molecule has 2 aromatic rings. The van der Waals surface area contributed by atoms with Gasteiger partial charge in [-0.05, 0) is 12.0 Å². The zero-order chi connectivity index (χ0) is 18.4. The predicted octanol–water partition coefficient (Wildman–Crippen LogP) is 2.30. The van der Waals surface area contributed by atoms with Crippen LogP contribution < -0.4 is 4.74 Å². The molecule has 0 fully saturated rings. The highest BCUT2D eigenvalue weighted by Crippen LogP contribution is 2.38. The molecule has 8 nitrogen and oxygen atoms in total. The number of nitro groups is 1. The van der Waals surface area contributed by atoms with Crippen LogP contribution >= 0.6 is 0 Å². The lowest BCUT2D eigenvalue weighted by Crippen LogP contribution is -2.10. The van der Waals surface area contributed by atoms with Crippen LogP contribution in [0.25, 0.3) is 0 Å². The Labute approximate surface area is 144 Å². The monoisotopic (exact) mass is 367 g/mol. The second-order valence-corrected chi connectivity index (χ2v) is 7.26. The Morgan fingerprint density at radius 1 is 1.20 bits per heavy atom. The van der Waals surface area contributed by atoms with E-state index in [2.05, 4.69) is 4.74 Å². The van der Waals surface area contributed by atoms with Crippen molar-refractivity contribution in [1.29, 1.82) is 0 Å². The van der Waals surface area contributed by atoms with Crippen molar-refractivity contribution >= 4 is 15.5 Å². The number of nitro benzene ring substituents is 1. The average Bonchev–Trinajstić information content (AvgIpc) is 2.59. The molecule has 0 amide bonds. The van der Waals surface area contributed by atoms with Gasteiger partial charge in [0.15, 0.2) is 22.4 Å². The fourth-order valence-electron chi connectivity index (χ4n) is 2.13. The minimum atomic E-state index is -3.82. The first-order valence-electron chi connectivity index (χ1n) is 7.25. The minimum Gasteiger partial charge on any atom is -0.500 e. The first kappa shape index (κ1) is 18.7. The van der Waals surface area contributed by atoms with Crippen molar-refractivity contribution in [2.24, 2.45) is 0 Å². The van der Waals surface area contributed by atoms with Crippen LogP contribution in [0, 0.1) is 10.1 Å². The van der Waals surface area contributed by atoms with Crippen molar-refractivity contribution in [2.75, 3.05) is 19.7 Å². The Balaban J connectivity index is 2.35. The molecule has 0 aromatic heterocycles. The molecular formula is C16H17NO7S.